The van der Waals surface area contributed by atoms with Gasteiger partial charge in [-0.15, -0.1) is 6.42 Å². The molecule has 6 nitrogen and oxygen atoms in total. The first-order valence-corrected chi connectivity index (χ1v) is 9.47. The number of terminal acetylenes is 1. The Morgan fingerprint density at radius 1 is 1.43 bits per heavy atom. The summed E-state index contributed by atoms with van der Waals surface area (Å²) in [6.07, 6.45) is 6.16. The van der Waals surface area contributed by atoms with Crippen molar-refractivity contribution in [1.29, 1.82) is 0 Å². The maximum Gasteiger partial charge on any atom is 0.242 e. The largest absolute Gasteiger partial charge is 0.366 e. The minimum absolute atomic E-state index is 0.0790. The van der Waals surface area contributed by atoms with Crippen molar-refractivity contribution in [2.45, 2.75) is 64.3 Å². The smallest absolute Gasteiger partial charge is 0.242 e. The van der Waals surface area contributed by atoms with Crippen LogP contribution in [0.15, 0.2) is 0 Å². The Labute approximate surface area is 138 Å². The number of amides is 1. The molecule has 0 spiro atoms. The number of hydrogen-bond donors (Lipinski definition) is 1. The molecule has 2 rings (SSSR count). The van der Waals surface area contributed by atoms with Crippen molar-refractivity contribution in [3.8, 4) is 12.3 Å². The van der Waals surface area contributed by atoms with Crippen LogP contribution in [-0.4, -0.2) is 44.0 Å². The lowest BCUT2D eigenvalue weighted by molar-refractivity contribution is -0.197. The van der Waals surface area contributed by atoms with Crippen molar-refractivity contribution < 1.29 is 22.7 Å². The van der Waals surface area contributed by atoms with Crippen molar-refractivity contribution in [2.75, 3.05) is 12.4 Å². The van der Waals surface area contributed by atoms with Crippen molar-refractivity contribution in [3.63, 3.8) is 0 Å². The fraction of sp³-hybridized carbons (Fsp3) is 0.812. The molecule has 2 aliphatic rings. The molecule has 3 atom stereocenters. The molecular weight excluding hydrogens is 318 g/mol. The van der Waals surface area contributed by atoms with Gasteiger partial charge in [-0.25, -0.2) is 8.42 Å². The number of nitrogens with one attached hydrogen (secondary N) is 1. The summed E-state index contributed by atoms with van der Waals surface area (Å²) < 4.78 is 37.9. The van der Waals surface area contributed by atoms with E-state index in [4.69, 9.17) is 15.9 Å². The van der Waals surface area contributed by atoms with Crippen molar-refractivity contribution >= 4 is 15.9 Å². The van der Waals surface area contributed by atoms with Gasteiger partial charge in [0.05, 0.1) is 28.5 Å². The first-order chi connectivity index (χ1) is 10.5. The number of rotatable bonds is 6. The zero-order valence-electron chi connectivity index (χ0n) is 14.1. The number of carbonyl (C=O) groups excluding carboxylic acids is 1. The van der Waals surface area contributed by atoms with E-state index in [0.717, 1.165) is 0 Å². The Hall–Kier alpha value is -1.10. The predicted molar refractivity (Wildman–Crippen MR) is 86.0 cm³/mol. The van der Waals surface area contributed by atoms with Gasteiger partial charge in [-0.05, 0) is 40.0 Å². The van der Waals surface area contributed by atoms with E-state index in [9.17, 15) is 13.2 Å². The Morgan fingerprint density at radius 3 is 2.65 bits per heavy atom. The highest BCUT2D eigenvalue weighted by Crippen LogP contribution is 2.62. The maximum atomic E-state index is 12.8. The summed E-state index contributed by atoms with van der Waals surface area (Å²) in [5.41, 5.74) is -2.36. The highest BCUT2D eigenvalue weighted by molar-refractivity contribution is 7.90. The number of sulfonamides is 1. The van der Waals surface area contributed by atoms with Gasteiger partial charge in [0.25, 0.3) is 0 Å². The second kappa shape index (κ2) is 5.76. The van der Waals surface area contributed by atoms with Gasteiger partial charge in [-0.1, -0.05) is 12.8 Å². The summed E-state index contributed by atoms with van der Waals surface area (Å²) in [5.74, 6) is 1.83. The fourth-order valence-electron chi connectivity index (χ4n) is 3.95. The number of ether oxygens (including phenoxy) is 2. The van der Waals surface area contributed by atoms with Crippen molar-refractivity contribution in [2.24, 2.45) is 5.41 Å². The minimum Gasteiger partial charge on any atom is -0.366 e. The lowest BCUT2D eigenvalue weighted by Crippen LogP contribution is -2.56. The van der Waals surface area contributed by atoms with Gasteiger partial charge >= 0.3 is 0 Å². The SMILES string of the molecule is C#CCOC1CC2(C(=O)NS(=O)(=O)CCC)CC1(C)OC2(C)C. The molecule has 3 unspecified atom stereocenters. The van der Waals surface area contributed by atoms with E-state index in [0.29, 0.717) is 19.3 Å². The van der Waals surface area contributed by atoms with E-state index in [2.05, 4.69) is 10.6 Å². The zero-order chi connectivity index (χ0) is 17.5. The average molecular weight is 343 g/mol. The number of carbonyl (C=O) groups is 1. The van der Waals surface area contributed by atoms with E-state index < -0.39 is 32.5 Å². The van der Waals surface area contributed by atoms with Crippen LogP contribution in [0.2, 0.25) is 0 Å². The first-order valence-electron chi connectivity index (χ1n) is 7.82. The van der Waals surface area contributed by atoms with Crippen LogP contribution in [0, 0.1) is 17.8 Å². The molecule has 1 aliphatic heterocycles. The molecule has 0 aromatic heterocycles. The number of hydrogen-bond acceptors (Lipinski definition) is 5. The molecule has 0 aromatic carbocycles. The molecule has 1 amide bonds. The summed E-state index contributed by atoms with van der Waals surface area (Å²) >= 11 is 0. The second-order valence-electron chi connectivity index (χ2n) is 7.14. The Kier molecular flexibility index (Phi) is 4.57. The summed E-state index contributed by atoms with van der Waals surface area (Å²) in [4.78, 5) is 12.8. The van der Waals surface area contributed by atoms with Crippen LogP contribution in [0.3, 0.4) is 0 Å². The molecule has 23 heavy (non-hydrogen) atoms. The Bertz CT molecular complexity index is 635. The van der Waals surface area contributed by atoms with Crippen LogP contribution in [0.1, 0.15) is 47.0 Å². The zero-order valence-corrected chi connectivity index (χ0v) is 15.0. The quantitative estimate of drug-likeness (QED) is 0.733. The highest BCUT2D eigenvalue weighted by Gasteiger charge is 2.71. The van der Waals surface area contributed by atoms with Crippen LogP contribution < -0.4 is 4.72 Å². The van der Waals surface area contributed by atoms with Gasteiger partial charge in [-0.3, -0.25) is 9.52 Å². The van der Waals surface area contributed by atoms with E-state index in [1.165, 1.54) is 0 Å². The predicted octanol–water partition coefficient (Wildman–Crippen LogP) is 1.21. The Morgan fingerprint density at radius 2 is 2.09 bits per heavy atom. The van der Waals surface area contributed by atoms with Crippen molar-refractivity contribution in [3.05, 3.63) is 0 Å². The summed E-state index contributed by atoms with van der Waals surface area (Å²) in [7, 11) is -3.63. The van der Waals surface area contributed by atoms with Gasteiger partial charge in [0.15, 0.2) is 0 Å². The summed E-state index contributed by atoms with van der Waals surface area (Å²) in [6.45, 7) is 7.42. The molecule has 130 valence electrons. The molecule has 1 aliphatic carbocycles. The molecule has 2 bridgehead atoms. The van der Waals surface area contributed by atoms with Crippen LogP contribution >= 0.6 is 0 Å². The molecule has 0 radical (unpaired) electrons. The molecule has 0 aromatic rings. The van der Waals surface area contributed by atoms with E-state index >= 15 is 0 Å². The number of fused-ring (bicyclic) bond motifs is 2. The third kappa shape index (κ3) is 3.00. The molecule has 1 N–H and O–H groups in total. The van der Waals surface area contributed by atoms with Crippen molar-refractivity contribution in [1.82, 2.24) is 4.72 Å². The highest BCUT2D eigenvalue weighted by atomic mass is 32.2. The lowest BCUT2D eigenvalue weighted by atomic mass is 9.72. The standard InChI is InChI=1S/C16H25NO5S/c1-6-8-21-12-10-16(11-15(12,5)22-14(16,3)4)13(18)17-23(19,20)9-7-2/h1,12H,7-11H2,2-5H3,(H,17,18). The van der Waals surface area contributed by atoms with Crippen LogP contribution in [0.25, 0.3) is 0 Å². The van der Waals surface area contributed by atoms with E-state index in [1.54, 1.807) is 6.92 Å². The van der Waals surface area contributed by atoms with Crippen LogP contribution in [0.4, 0.5) is 0 Å². The average Bonchev–Trinajstić information content (AvgIpc) is 2.80. The second-order valence-corrected chi connectivity index (χ2v) is 8.98. The fourth-order valence-corrected chi connectivity index (χ4v) is 5.06. The topological polar surface area (TPSA) is 81.7 Å². The molecular formula is C16H25NO5S. The van der Waals surface area contributed by atoms with Gasteiger partial charge in [-0.2, -0.15) is 0 Å². The maximum absolute atomic E-state index is 12.8. The van der Waals surface area contributed by atoms with Gasteiger partial charge in [0.1, 0.15) is 6.61 Å². The third-order valence-corrected chi connectivity index (χ3v) is 6.47. The van der Waals surface area contributed by atoms with Crippen LogP contribution in [-0.2, 0) is 24.3 Å². The van der Waals surface area contributed by atoms with Crippen LogP contribution in [0.5, 0.6) is 0 Å². The third-order valence-electron chi connectivity index (χ3n) is 5.03. The Balaban J connectivity index is 2.28. The van der Waals surface area contributed by atoms with E-state index in [1.807, 2.05) is 20.8 Å². The summed E-state index contributed by atoms with van der Waals surface area (Å²) in [5, 5.41) is 0. The van der Waals surface area contributed by atoms with Gasteiger partial charge < -0.3 is 9.47 Å². The monoisotopic (exact) mass is 343 g/mol. The van der Waals surface area contributed by atoms with Gasteiger partial charge in [0, 0.05) is 0 Å². The lowest BCUT2D eigenvalue weighted by Gasteiger charge is -2.44. The minimum atomic E-state index is -3.63. The van der Waals surface area contributed by atoms with Gasteiger partial charge in [0.2, 0.25) is 15.9 Å². The molecule has 1 saturated heterocycles. The summed E-state index contributed by atoms with van der Waals surface area (Å²) in [6, 6.07) is 0. The molecule has 7 heteroatoms. The normalized spacial score (nSPS) is 35.0. The molecule has 1 heterocycles. The molecule has 2 fully saturated rings. The van der Waals surface area contributed by atoms with E-state index in [-0.39, 0.29) is 18.5 Å². The molecule has 1 saturated carbocycles. The first kappa shape index (κ1) is 18.2.